The maximum Gasteiger partial charge on any atom is 0.254 e. The van der Waals surface area contributed by atoms with Crippen molar-refractivity contribution in [1.82, 2.24) is 14.2 Å². The molecule has 2 aliphatic rings. The van der Waals surface area contributed by atoms with Gasteiger partial charge in [0.25, 0.3) is 5.91 Å². The van der Waals surface area contributed by atoms with E-state index in [9.17, 15) is 22.4 Å². The highest BCUT2D eigenvalue weighted by molar-refractivity contribution is 7.89. The summed E-state index contributed by atoms with van der Waals surface area (Å²) in [4.78, 5) is 30.6. The third-order valence-electron chi connectivity index (χ3n) is 5.24. The summed E-state index contributed by atoms with van der Waals surface area (Å²) in [7, 11) is -4.11. The van der Waals surface area contributed by atoms with Crippen LogP contribution in [0, 0.1) is 5.82 Å². The number of carbonyl (C=O) groups is 2. The van der Waals surface area contributed by atoms with Gasteiger partial charge >= 0.3 is 0 Å². The molecule has 4 rings (SSSR count). The average Bonchev–Trinajstić information content (AvgIpc) is 3.46. The lowest BCUT2D eigenvalue weighted by Gasteiger charge is -2.27. The molecule has 1 atom stereocenters. The first-order valence-corrected chi connectivity index (χ1v) is 12.1. The maximum absolute atomic E-state index is 14.4. The highest BCUT2D eigenvalue weighted by Crippen LogP contribution is 2.26. The molecular formula is C19H21FN4O5S2. The number of ether oxygens (including phenoxy) is 1. The second-order valence-electron chi connectivity index (χ2n) is 7.14. The molecule has 1 unspecified atom stereocenters. The van der Waals surface area contributed by atoms with Gasteiger partial charge in [-0.15, -0.1) is 11.3 Å². The number of aromatic nitrogens is 1. The Balaban J connectivity index is 1.57. The highest BCUT2D eigenvalue weighted by Gasteiger charge is 2.36. The zero-order chi connectivity index (χ0) is 22.0. The minimum atomic E-state index is -4.11. The van der Waals surface area contributed by atoms with Gasteiger partial charge in [0.05, 0.1) is 13.2 Å². The summed E-state index contributed by atoms with van der Waals surface area (Å²) in [6.07, 6.45) is 2.66. The van der Waals surface area contributed by atoms with Crippen LogP contribution >= 0.6 is 11.3 Å². The number of thiazole rings is 1. The van der Waals surface area contributed by atoms with Gasteiger partial charge in [-0.3, -0.25) is 9.59 Å². The van der Waals surface area contributed by atoms with Crippen LogP contribution in [-0.2, 0) is 19.6 Å². The molecule has 2 aliphatic heterocycles. The van der Waals surface area contributed by atoms with Crippen molar-refractivity contribution in [1.29, 1.82) is 0 Å². The second kappa shape index (κ2) is 8.99. The van der Waals surface area contributed by atoms with E-state index in [0.717, 1.165) is 16.4 Å². The van der Waals surface area contributed by atoms with Crippen molar-refractivity contribution in [2.24, 2.45) is 0 Å². The van der Waals surface area contributed by atoms with Crippen LogP contribution in [0.1, 0.15) is 23.2 Å². The fraction of sp³-hybridized carbons (Fsp3) is 0.421. The highest BCUT2D eigenvalue weighted by atomic mass is 32.2. The summed E-state index contributed by atoms with van der Waals surface area (Å²) in [5.74, 6) is -1.80. The van der Waals surface area contributed by atoms with Crippen LogP contribution in [0.15, 0.2) is 34.7 Å². The first-order valence-electron chi connectivity index (χ1n) is 9.77. The van der Waals surface area contributed by atoms with Gasteiger partial charge in [-0.25, -0.2) is 17.8 Å². The van der Waals surface area contributed by atoms with E-state index in [0.29, 0.717) is 24.5 Å². The molecule has 166 valence electrons. The van der Waals surface area contributed by atoms with Gasteiger partial charge in [0.2, 0.25) is 15.9 Å². The van der Waals surface area contributed by atoms with Crippen molar-refractivity contribution in [2.75, 3.05) is 38.2 Å². The lowest BCUT2D eigenvalue weighted by atomic mass is 10.1. The number of hydrogen-bond donors (Lipinski definition) is 1. The zero-order valence-corrected chi connectivity index (χ0v) is 18.1. The Hall–Kier alpha value is -2.41. The number of rotatable bonds is 5. The number of amides is 2. The Morgan fingerprint density at radius 3 is 2.71 bits per heavy atom. The summed E-state index contributed by atoms with van der Waals surface area (Å²) in [6.45, 7) is 1.03. The Kier molecular flexibility index (Phi) is 6.32. The number of sulfonamides is 1. The third-order valence-corrected chi connectivity index (χ3v) is 7.85. The summed E-state index contributed by atoms with van der Waals surface area (Å²) < 4.78 is 46.5. The lowest BCUT2D eigenvalue weighted by molar-refractivity contribution is -0.119. The van der Waals surface area contributed by atoms with E-state index in [1.165, 1.54) is 22.3 Å². The van der Waals surface area contributed by atoms with Crippen molar-refractivity contribution in [3.05, 3.63) is 41.2 Å². The first kappa shape index (κ1) is 21.8. The van der Waals surface area contributed by atoms with Crippen molar-refractivity contribution < 1.29 is 27.1 Å². The van der Waals surface area contributed by atoms with Gasteiger partial charge in [0.1, 0.15) is 16.8 Å². The number of carbonyl (C=O) groups excluding carboxylic acids is 2. The smallest absolute Gasteiger partial charge is 0.254 e. The number of nitrogens with one attached hydrogen (secondary N) is 1. The minimum absolute atomic E-state index is 0.0159. The quantitative estimate of drug-likeness (QED) is 0.713. The van der Waals surface area contributed by atoms with Crippen LogP contribution < -0.4 is 5.32 Å². The molecule has 2 fully saturated rings. The van der Waals surface area contributed by atoms with Crippen LogP contribution in [0.25, 0.3) is 0 Å². The average molecular weight is 469 g/mol. The summed E-state index contributed by atoms with van der Waals surface area (Å²) in [5.41, 5.74) is 0.0159. The Morgan fingerprint density at radius 2 is 2.00 bits per heavy atom. The van der Waals surface area contributed by atoms with E-state index in [2.05, 4.69) is 10.3 Å². The van der Waals surface area contributed by atoms with E-state index in [-0.39, 0.29) is 37.8 Å². The van der Waals surface area contributed by atoms with Crippen LogP contribution in [0.5, 0.6) is 0 Å². The van der Waals surface area contributed by atoms with Crippen LogP contribution in [-0.4, -0.2) is 73.3 Å². The van der Waals surface area contributed by atoms with E-state index in [1.54, 1.807) is 11.6 Å². The van der Waals surface area contributed by atoms with Crippen molar-refractivity contribution in [2.45, 2.75) is 23.8 Å². The maximum atomic E-state index is 14.4. The van der Waals surface area contributed by atoms with Crippen molar-refractivity contribution in [3.63, 3.8) is 0 Å². The molecule has 2 aromatic rings. The van der Waals surface area contributed by atoms with Gasteiger partial charge in [0, 0.05) is 36.8 Å². The molecule has 3 heterocycles. The topological polar surface area (TPSA) is 109 Å². The molecule has 12 heteroatoms. The number of likely N-dealkylation sites (tertiary alicyclic amines) is 1. The van der Waals surface area contributed by atoms with Crippen molar-refractivity contribution >= 4 is 38.3 Å². The first-order chi connectivity index (χ1) is 14.9. The monoisotopic (exact) mass is 468 g/mol. The third kappa shape index (κ3) is 4.47. The van der Waals surface area contributed by atoms with Crippen molar-refractivity contribution in [3.8, 4) is 0 Å². The van der Waals surface area contributed by atoms with Gasteiger partial charge in [-0.1, -0.05) is 0 Å². The number of nitrogens with zero attached hydrogens (tertiary/aromatic N) is 3. The SMILES string of the molecule is O=C(Nc1nccs1)C1CCCN1C(=O)c1ccc(F)c(S(=O)(=O)N2CCOCC2)c1. The molecule has 2 saturated heterocycles. The minimum Gasteiger partial charge on any atom is -0.379 e. The van der Waals surface area contributed by atoms with Crippen LogP contribution in [0.3, 0.4) is 0 Å². The second-order valence-corrected chi connectivity index (χ2v) is 9.95. The summed E-state index contributed by atoms with van der Waals surface area (Å²) in [6, 6.07) is 2.56. The Bertz CT molecular complexity index is 1070. The molecule has 1 N–H and O–H groups in total. The molecule has 2 amide bonds. The summed E-state index contributed by atoms with van der Waals surface area (Å²) >= 11 is 1.27. The molecule has 0 saturated carbocycles. The fourth-order valence-corrected chi connectivity index (χ4v) is 5.71. The van der Waals surface area contributed by atoms with Crippen LogP contribution in [0.4, 0.5) is 9.52 Å². The Morgan fingerprint density at radius 1 is 1.23 bits per heavy atom. The van der Waals surface area contributed by atoms with E-state index < -0.39 is 32.7 Å². The molecule has 0 radical (unpaired) electrons. The van der Waals surface area contributed by atoms with E-state index in [4.69, 9.17) is 4.74 Å². The van der Waals surface area contributed by atoms with E-state index in [1.807, 2.05) is 0 Å². The number of halogens is 1. The zero-order valence-electron chi connectivity index (χ0n) is 16.5. The number of hydrogen-bond acceptors (Lipinski definition) is 7. The molecule has 1 aromatic heterocycles. The molecule has 0 spiro atoms. The molecule has 31 heavy (non-hydrogen) atoms. The molecule has 0 aliphatic carbocycles. The molecule has 9 nitrogen and oxygen atoms in total. The normalized spacial score (nSPS) is 20.0. The Labute approximate surface area is 182 Å². The predicted molar refractivity (Wildman–Crippen MR) is 111 cm³/mol. The fourth-order valence-electron chi connectivity index (χ4n) is 3.68. The number of anilines is 1. The van der Waals surface area contributed by atoms with Crippen LogP contribution in [0.2, 0.25) is 0 Å². The summed E-state index contributed by atoms with van der Waals surface area (Å²) in [5, 5.41) is 4.85. The van der Waals surface area contributed by atoms with Gasteiger partial charge in [-0.2, -0.15) is 4.31 Å². The van der Waals surface area contributed by atoms with E-state index >= 15 is 0 Å². The predicted octanol–water partition coefficient (Wildman–Crippen LogP) is 1.55. The van der Waals surface area contributed by atoms with Gasteiger partial charge in [-0.05, 0) is 31.0 Å². The standard InChI is InChI=1S/C19H21FN4O5S2/c20-14-4-3-13(12-16(14)31(27,28)23-7-9-29-10-8-23)18(26)24-6-1-2-15(24)17(25)22-19-21-5-11-30-19/h3-5,11-12,15H,1-2,6-10H2,(H,21,22,25). The van der Waals surface area contributed by atoms with Gasteiger partial charge < -0.3 is 15.0 Å². The lowest BCUT2D eigenvalue weighted by Crippen LogP contribution is -2.43. The molecule has 1 aromatic carbocycles. The largest absolute Gasteiger partial charge is 0.379 e. The van der Waals surface area contributed by atoms with Gasteiger partial charge in [0.15, 0.2) is 5.13 Å². The molecule has 0 bridgehead atoms. The molecular weight excluding hydrogens is 447 g/mol. The number of benzene rings is 1. The number of morpholine rings is 1.